The molecule has 0 aliphatic carbocycles. The number of aliphatic imine (C=N–C) groups is 1. The van der Waals surface area contributed by atoms with Gasteiger partial charge in [-0.3, -0.25) is 9.69 Å². The van der Waals surface area contributed by atoms with Crippen molar-refractivity contribution in [3.8, 4) is 5.88 Å². The van der Waals surface area contributed by atoms with Crippen molar-refractivity contribution in [3.05, 3.63) is 23.9 Å². The van der Waals surface area contributed by atoms with Crippen molar-refractivity contribution in [1.82, 2.24) is 25.0 Å². The van der Waals surface area contributed by atoms with E-state index in [-0.39, 0.29) is 11.9 Å². The molecule has 1 amide bonds. The molecule has 8 nitrogen and oxygen atoms in total. The number of amides is 1. The molecule has 1 unspecified atom stereocenters. The minimum Gasteiger partial charge on any atom is -0.477 e. The molecule has 1 atom stereocenters. The number of unbranched alkanes of at least 4 members (excludes halogenated alkanes) is 1. The van der Waals surface area contributed by atoms with E-state index in [1.165, 1.54) is 0 Å². The molecule has 2 fully saturated rings. The molecule has 2 aliphatic heterocycles. The third-order valence-electron chi connectivity index (χ3n) is 6.26. The molecule has 8 heteroatoms. The quantitative estimate of drug-likeness (QED) is 0.358. The van der Waals surface area contributed by atoms with Gasteiger partial charge in [0, 0.05) is 57.6 Å². The molecule has 32 heavy (non-hydrogen) atoms. The Morgan fingerprint density at radius 3 is 2.59 bits per heavy atom. The Hall–Kier alpha value is -2.35. The highest BCUT2D eigenvalue weighted by atomic mass is 16.5. The first-order valence-electron chi connectivity index (χ1n) is 12.3. The maximum absolute atomic E-state index is 12.8. The zero-order valence-corrected chi connectivity index (χ0v) is 20.1. The van der Waals surface area contributed by atoms with E-state index in [0.29, 0.717) is 19.0 Å². The van der Waals surface area contributed by atoms with Gasteiger partial charge in [0.15, 0.2) is 5.96 Å². The minimum atomic E-state index is -0.0482. The number of pyridine rings is 1. The summed E-state index contributed by atoms with van der Waals surface area (Å²) in [7, 11) is 0. The lowest BCUT2D eigenvalue weighted by Crippen LogP contribution is -2.57. The van der Waals surface area contributed by atoms with Gasteiger partial charge in [-0.2, -0.15) is 0 Å². The van der Waals surface area contributed by atoms with Crippen LogP contribution in [0.4, 0.5) is 0 Å². The predicted molar refractivity (Wildman–Crippen MR) is 128 cm³/mol. The summed E-state index contributed by atoms with van der Waals surface area (Å²) in [5.74, 6) is 1.87. The lowest BCUT2D eigenvalue weighted by molar-refractivity contribution is -0.135. The largest absolute Gasteiger partial charge is 0.477 e. The average molecular weight is 445 g/mol. The zero-order valence-electron chi connectivity index (χ0n) is 20.1. The molecule has 0 radical (unpaired) electrons. The summed E-state index contributed by atoms with van der Waals surface area (Å²) in [5.41, 5.74) is 1.00. The number of rotatable bonds is 9. The summed E-state index contributed by atoms with van der Waals surface area (Å²) < 4.78 is 5.86. The molecule has 1 N–H and O–H groups in total. The fourth-order valence-corrected chi connectivity index (χ4v) is 4.25. The number of hydrogen-bond acceptors (Lipinski definition) is 5. The summed E-state index contributed by atoms with van der Waals surface area (Å²) in [6.07, 6.45) is 6.15. The Bertz CT molecular complexity index is 742. The van der Waals surface area contributed by atoms with Crippen LogP contribution >= 0.6 is 0 Å². The first kappa shape index (κ1) is 24.3. The highest BCUT2D eigenvalue weighted by Crippen LogP contribution is 2.17. The van der Waals surface area contributed by atoms with Gasteiger partial charge in [-0.05, 0) is 39.2 Å². The Labute approximate surface area is 193 Å². The normalized spacial score (nSPS) is 18.7. The van der Waals surface area contributed by atoms with Crippen LogP contribution in [0.1, 0.15) is 52.0 Å². The zero-order chi connectivity index (χ0) is 22.8. The third kappa shape index (κ3) is 6.58. The van der Waals surface area contributed by atoms with Crippen LogP contribution < -0.4 is 10.1 Å². The van der Waals surface area contributed by atoms with Crippen LogP contribution in [0.2, 0.25) is 0 Å². The van der Waals surface area contributed by atoms with Gasteiger partial charge < -0.3 is 19.9 Å². The molecule has 0 spiro atoms. The number of guanidine groups is 1. The van der Waals surface area contributed by atoms with Crippen LogP contribution in [0.3, 0.4) is 0 Å². The van der Waals surface area contributed by atoms with Gasteiger partial charge >= 0.3 is 0 Å². The number of ether oxygens (including phenoxy) is 1. The number of likely N-dealkylation sites (tertiary alicyclic amines) is 1. The molecule has 1 aromatic heterocycles. The summed E-state index contributed by atoms with van der Waals surface area (Å²) in [6.45, 7) is 13.6. The van der Waals surface area contributed by atoms with Gasteiger partial charge in [-0.1, -0.05) is 19.4 Å². The molecular weight excluding hydrogens is 404 g/mol. The second kappa shape index (κ2) is 12.6. The van der Waals surface area contributed by atoms with Crippen molar-refractivity contribution >= 4 is 11.9 Å². The Morgan fingerprint density at radius 1 is 1.16 bits per heavy atom. The Balaban J connectivity index is 1.57. The van der Waals surface area contributed by atoms with E-state index in [1.54, 1.807) is 6.20 Å². The SMILES string of the molecule is CCCCOc1ncccc1CN=C(NCC)N1CCN(C(C)C(=O)N2CCCC2)CC1. The molecule has 2 saturated heterocycles. The summed E-state index contributed by atoms with van der Waals surface area (Å²) >= 11 is 0. The summed E-state index contributed by atoms with van der Waals surface area (Å²) in [4.78, 5) is 28.7. The van der Waals surface area contributed by atoms with Gasteiger partial charge in [0.05, 0.1) is 19.2 Å². The number of aromatic nitrogens is 1. The molecule has 0 aromatic carbocycles. The van der Waals surface area contributed by atoms with E-state index in [4.69, 9.17) is 9.73 Å². The van der Waals surface area contributed by atoms with Gasteiger partial charge in [0.1, 0.15) is 0 Å². The van der Waals surface area contributed by atoms with Crippen LogP contribution in [0.5, 0.6) is 5.88 Å². The lowest BCUT2D eigenvalue weighted by atomic mass is 10.2. The standard InChI is InChI=1S/C24H40N6O2/c1-4-6-18-32-22-21(10-9-11-26-22)19-27-24(25-5-2)30-16-14-28(15-17-30)20(3)23(31)29-12-7-8-13-29/h9-11,20H,4-8,12-19H2,1-3H3,(H,25,27). The molecule has 3 rings (SSSR count). The number of hydrogen-bond donors (Lipinski definition) is 1. The second-order valence-electron chi connectivity index (χ2n) is 8.57. The van der Waals surface area contributed by atoms with Gasteiger partial charge in [0.25, 0.3) is 0 Å². The summed E-state index contributed by atoms with van der Waals surface area (Å²) in [5, 5.41) is 3.43. The molecule has 0 bridgehead atoms. The van der Waals surface area contributed by atoms with Gasteiger partial charge in [-0.25, -0.2) is 9.98 Å². The minimum absolute atomic E-state index is 0.0482. The van der Waals surface area contributed by atoms with Crippen molar-refractivity contribution in [2.75, 3.05) is 52.4 Å². The van der Waals surface area contributed by atoms with E-state index in [1.807, 2.05) is 17.0 Å². The topological polar surface area (TPSA) is 73.3 Å². The number of nitrogens with zero attached hydrogens (tertiary/aromatic N) is 5. The van der Waals surface area contributed by atoms with Crippen molar-refractivity contribution in [1.29, 1.82) is 0 Å². The van der Waals surface area contributed by atoms with Gasteiger partial charge in [0.2, 0.25) is 11.8 Å². The van der Waals surface area contributed by atoms with E-state index < -0.39 is 0 Å². The fraction of sp³-hybridized carbons (Fsp3) is 0.708. The highest BCUT2D eigenvalue weighted by Gasteiger charge is 2.30. The van der Waals surface area contributed by atoms with E-state index in [0.717, 1.165) is 83.0 Å². The number of nitrogens with one attached hydrogen (secondary N) is 1. The monoisotopic (exact) mass is 444 g/mol. The molecule has 178 valence electrons. The van der Waals surface area contributed by atoms with E-state index in [2.05, 4.69) is 40.9 Å². The number of piperazine rings is 1. The summed E-state index contributed by atoms with van der Waals surface area (Å²) in [6, 6.07) is 3.92. The van der Waals surface area contributed by atoms with Crippen LogP contribution in [0.25, 0.3) is 0 Å². The maximum atomic E-state index is 12.8. The fourth-order valence-electron chi connectivity index (χ4n) is 4.25. The highest BCUT2D eigenvalue weighted by molar-refractivity contribution is 5.82. The molecular formula is C24H40N6O2. The first-order valence-corrected chi connectivity index (χ1v) is 12.3. The van der Waals surface area contributed by atoms with Gasteiger partial charge in [-0.15, -0.1) is 0 Å². The molecule has 3 heterocycles. The lowest BCUT2D eigenvalue weighted by Gasteiger charge is -2.39. The maximum Gasteiger partial charge on any atom is 0.239 e. The Morgan fingerprint density at radius 2 is 1.91 bits per heavy atom. The predicted octanol–water partition coefficient (Wildman–Crippen LogP) is 2.35. The van der Waals surface area contributed by atoms with Crippen molar-refractivity contribution in [2.45, 2.75) is 59.0 Å². The van der Waals surface area contributed by atoms with Crippen LogP contribution in [0.15, 0.2) is 23.3 Å². The number of carbonyl (C=O) groups is 1. The molecule has 0 saturated carbocycles. The van der Waals surface area contributed by atoms with Crippen molar-refractivity contribution in [3.63, 3.8) is 0 Å². The van der Waals surface area contributed by atoms with Crippen molar-refractivity contribution < 1.29 is 9.53 Å². The molecule has 2 aliphatic rings. The second-order valence-corrected chi connectivity index (χ2v) is 8.57. The van der Waals surface area contributed by atoms with Crippen LogP contribution in [0, 0.1) is 0 Å². The average Bonchev–Trinajstić information content (AvgIpc) is 3.37. The molecule has 1 aromatic rings. The van der Waals surface area contributed by atoms with Crippen molar-refractivity contribution in [2.24, 2.45) is 4.99 Å². The van der Waals surface area contributed by atoms with Crippen LogP contribution in [-0.4, -0.2) is 90.0 Å². The third-order valence-corrected chi connectivity index (χ3v) is 6.26. The first-order chi connectivity index (χ1) is 15.6. The van der Waals surface area contributed by atoms with E-state index in [9.17, 15) is 4.79 Å². The Kier molecular flexibility index (Phi) is 9.59. The smallest absolute Gasteiger partial charge is 0.239 e. The van der Waals surface area contributed by atoms with E-state index >= 15 is 0 Å². The number of carbonyl (C=O) groups excluding carboxylic acids is 1. The van der Waals surface area contributed by atoms with Crippen LogP contribution in [-0.2, 0) is 11.3 Å².